The van der Waals surface area contributed by atoms with Gasteiger partial charge in [-0.15, -0.1) is 0 Å². The van der Waals surface area contributed by atoms with Crippen LogP contribution < -0.4 is 9.62 Å². The molecule has 0 spiro atoms. The molecule has 0 heterocycles. The lowest BCUT2D eigenvalue weighted by Gasteiger charge is -2.57. The van der Waals surface area contributed by atoms with Crippen LogP contribution in [0.2, 0.25) is 5.02 Å². The molecule has 9 heteroatoms. The molecule has 50 heavy (non-hydrogen) atoms. The number of nitrogens with one attached hydrogen (secondary N) is 1. The van der Waals surface area contributed by atoms with Crippen LogP contribution in [-0.2, 0) is 38.0 Å². The zero-order valence-corrected chi connectivity index (χ0v) is 30.7. The van der Waals surface area contributed by atoms with E-state index in [1.807, 2.05) is 54.6 Å². The standard InChI is InChI=1S/C41H50ClN3O4S/c1-50(48,49)45(37-18-14-34(15-19-37)41-24-31-20-32(25-41)22-33(21-31)26-41)28-39(46)44(27-30-12-16-35(42)17-13-30)38(23-29-8-4-2-5-9-29)40(47)43-36-10-6-3-7-11-36/h2,4-5,8-9,12-19,31-33,36,38H,3,6-7,10-11,20-28H2,1H3,(H,43,47)/t31?,32?,33?,38-,41?/m0/s1. The Balaban J connectivity index is 1.18. The van der Waals surface area contributed by atoms with Crippen molar-refractivity contribution in [3.8, 4) is 0 Å². The normalized spacial score (nSPS) is 25.2. The van der Waals surface area contributed by atoms with Gasteiger partial charge in [-0.25, -0.2) is 8.42 Å². The fraction of sp³-hybridized carbons (Fsp3) is 0.512. The number of sulfonamides is 1. The summed E-state index contributed by atoms with van der Waals surface area (Å²) in [5, 5.41) is 3.83. The maximum atomic E-state index is 14.6. The third-order valence-corrected chi connectivity index (χ3v) is 13.4. The second kappa shape index (κ2) is 14.7. The molecule has 8 rings (SSSR count). The van der Waals surface area contributed by atoms with Crippen molar-refractivity contribution in [2.45, 2.75) is 101 Å². The summed E-state index contributed by atoms with van der Waals surface area (Å²) in [5.74, 6) is 1.76. The van der Waals surface area contributed by atoms with Crippen molar-refractivity contribution in [1.29, 1.82) is 0 Å². The largest absolute Gasteiger partial charge is 0.352 e. The van der Waals surface area contributed by atoms with Crippen LogP contribution in [0.15, 0.2) is 78.9 Å². The third kappa shape index (κ3) is 7.91. The maximum absolute atomic E-state index is 14.6. The predicted molar refractivity (Wildman–Crippen MR) is 199 cm³/mol. The smallest absolute Gasteiger partial charge is 0.244 e. The van der Waals surface area contributed by atoms with Gasteiger partial charge in [-0.2, -0.15) is 0 Å². The molecule has 0 radical (unpaired) electrons. The van der Waals surface area contributed by atoms with Crippen molar-refractivity contribution in [3.63, 3.8) is 0 Å². The molecule has 0 aromatic heterocycles. The van der Waals surface area contributed by atoms with Crippen molar-refractivity contribution in [1.82, 2.24) is 10.2 Å². The molecular weight excluding hydrogens is 666 g/mol. The molecular formula is C41H50ClN3O4S. The Kier molecular flexibility index (Phi) is 10.3. The molecule has 5 fully saturated rings. The van der Waals surface area contributed by atoms with Crippen LogP contribution in [0.4, 0.5) is 5.69 Å². The Morgan fingerprint density at radius 1 is 0.820 bits per heavy atom. The van der Waals surface area contributed by atoms with Gasteiger partial charge in [0.25, 0.3) is 0 Å². The molecule has 5 saturated carbocycles. The van der Waals surface area contributed by atoms with E-state index < -0.39 is 28.5 Å². The number of halogens is 1. The third-order valence-electron chi connectivity index (χ3n) is 12.0. The number of rotatable bonds is 12. The first-order chi connectivity index (χ1) is 24.0. The number of carbonyl (C=O) groups excluding carboxylic acids is 2. The first-order valence-electron chi connectivity index (χ1n) is 18.5. The monoisotopic (exact) mass is 715 g/mol. The number of hydrogen-bond acceptors (Lipinski definition) is 4. The molecule has 5 aliphatic carbocycles. The molecule has 2 amide bonds. The number of hydrogen-bond donors (Lipinski definition) is 1. The molecule has 1 atom stereocenters. The minimum absolute atomic E-state index is 0.0574. The summed E-state index contributed by atoms with van der Waals surface area (Å²) >= 11 is 6.21. The average molecular weight is 716 g/mol. The first-order valence-corrected chi connectivity index (χ1v) is 20.7. The molecule has 266 valence electrons. The molecule has 0 aliphatic heterocycles. The Morgan fingerprint density at radius 3 is 2.00 bits per heavy atom. The molecule has 3 aromatic rings. The van der Waals surface area contributed by atoms with Gasteiger partial charge in [-0.3, -0.25) is 13.9 Å². The van der Waals surface area contributed by atoms with Crippen molar-refractivity contribution in [3.05, 3.63) is 101 Å². The minimum atomic E-state index is -3.84. The highest BCUT2D eigenvalue weighted by Gasteiger charge is 2.51. The molecule has 4 bridgehead atoms. The van der Waals surface area contributed by atoms with Crippen LogP contribution in [-0.4, -0.2) is 50.0 Å². The Labute approximate surface area is 302 Å². The van der Waals surface area contributed by atoms with Crippen molar-refractivity contribution >= 4 is 39.1 Å². The second-order valence-corrected chi connectivity index (χ2v) is 18.1. The van der Waals surface area contributed by atoms with E-state index in [1.165, 1.54) is 48.4 Å². The van der Waals surface area contributed by atoms with Crippen LogP contribution >= 0.6 is 11.6 Å². The highest BCUT2D eigenvalue weighted by molar-refractivity contribution is 7.92. The predicted octanol–water partition coefficient (Wildman–Crippen LogP) is 7.66. The number of benzene rings is 3. The summed E-state index contributed by atoms with van der Waals surface area (Å²) in [6.45, 7) is -0.278. The minimum Gasteiger partial charge on any atom is -0.352 e. The van der Waals surface area contributed by atoms with Gasteiger partial charge < -0.3 is 10.2 Å². The van der Waals surface area contributed by atoms with Crippen LogP contribution in [0, 0.1) is 17.8 Å². The van der Waals surface area contributed by atoms with E-state index in [2.05, 4.69) is 17.4 Å². The summed E-state index contributed by atoms with van der Waals surface area (Å²) in [7, 11) is -3.84. The van der Waals surface area contributed by atoms with E-state index in [-0.39, 0.29) is 23.9 Å². The first kappa shape index (κ1) is 35.1. The summed E-state index contributed by atoms with van der Waals surface area (Å²) in [6, 6.07) is 24.1. The summed E-state index contributed by atoms with van der Waals surface area (Å²) in [5.41, 5.74) is 3.67. The maximum Gasteiger partial charge on any atom is 0.244 e. The van der Waals surface area contributed by atoms with Crippen LogP contribution in [0.25, 0.3) is 0 Å². The van der Waals surface area contributed by atoms with E-state index in [9.17, 15) is 18.0 Å². The molecule has 5 aliphatic rings. The van der Waals surface area contributed by atoms with E-state index in [4.69, 9.17) is 11.6 Å². The second-order valence-electron chi connectivity index (χ2n) is 15.7. The quantitative estimate of drug-likeness (QED) is 0.209. The fourth-order valence-corrected chi connectivity index (χ4v) is 10.9. The SMILES string of the molecule is CS(=O)(=O)N(CC(=O)N(Cc1ccc(Cl)cc1)[C@@H](Cc1ccccc1)C(=O)NC1CCCCC1)c1ccc(C23CC4CC(CC(C4)C2)C3)cc1. The Hall–Kier alpha value is -3.36. The summed E-state index contributed by atoms with van der Waals surface area (Å²) in [4.78, 5) is 30.4. The highest BCUT2D eigenvalue weighted by Crippen LogP contribution is 2.60. The van der Waals surface area contributed by atoms with Gasteiger partial charge in [-0.05, 0) is 115 Å². The van der Waals surface area contributed by atoms with Crippen LogP contribution in [0.3, 0.4) is 0 Å². The van der Waals surface area contributed by atoms with Crippen LogP contribution in [0.5, 0.6) is 0 Å². The Bertz CT molecular complexity index is 1720. The Morgan fingerprint density at radius 2 is 1.42 bits per heavy atom. The number of carbonyl (C=O) groups is 2. The average Bonchev–Trinajstić information content (AvgIpc) is 3.09. The summed E-state index contributed by atoms with van der Waals surface area (Å²) < 4.78 is 28.0. The highest BCUT2D eigenvalue weighted by atomic mass is 35.5. The number of anilines is 1. The molecule has 0 unspecified atom stereocenters. The van der Waals surface area contributed by atoms with E-state index >= 15 is 0 Å². The molecule has 1 N–H and O–H groups in total. The number of nitrogens with zero attached hydrogens (tertiary/aromatic N) is 2. The zero-order chi connectivity index (χ0) is 34.9. The van der Waals surface area contributed by atoms with Gasteiger partial charge in [0.1, 0.15) is 12.6 Å². The van der Waals surface area contributed by atoms with E-state index in [1.54, 1.807) is 17.0 Å². The van der Waals surface area contributed by atoms with Gasteiger partial charge in [0, 0.05) is 24.0 Å². The summed E-state index contributed by atoms with van der Waals surface area (Å²) in [6.07, 6.45) is 14.3. The van der Waals surface area contributed by atoms with Crippen molar-refractivity contribution in [2.75, 3.05) is 17.1 Å². The lowest BCUT2D eigenvalue weighted by molar-refractivity contribution is -0.140. The van der Waals surface area contributed by atoms with Crippen LogP contribution in [0.1, 0.15) is 87.3 Å². The molecule has 7 nitrogen and oxygen atoms in total. The topological polar surface area (TPSA) is 86.8 Å². The van der Waals surface area contributed by atoms with E-state index in [0.29, 0.717) is 17.1 Å². The fourth-order valence-electron chi connectivity index (χ4n) is 9.94. The van der Waals surface area contributed by atoms with Gasteiger partial charge in [0.2, 0.25) is 21.8 Å². The van der Waals surface area contributed by atoms with Gasteiger partial charge >= 0.3 is 0 Å². The van der Waals surface area contributed by atoms with Crippen molar-refractivity contribution in [2.24, 2.45) is 17.8 Å². The van der Waals surface area contributed by atoms with Gasteiger partial charge in [0.05, 0.1) is 11.9 Å². The van der Waals surface area contributed by atoms with Gasteiger partial charge in [-0.1, -0.05) is 85.5 Å². The lowest BCUT2D eigenvalue weighted by atomic mass is 9.48. The molecule has 3 aromatic carbocycles. The zero-order valence-electron chi connectivity index (χ0n) is 29.1. The van der Waals surface area contributed by atoms with Gasteiger partial charge in [0.15, 0.2) is 0 Å². The van der Waals surface area contributed by atoms with E-state index in [0.717, 1.165) is 67.2 Å². The molecule has 0 saturated heterocycles. The van der Waals surface area contributed by atoms with Crippen molar-refractivity contribution < 1.29 is 18.0 Å². The lowest BCUT2D eigenvalue weighted by Crippen LogP contribution is -2.55. The number of amides is 2.